The molecule has 17 heavy (non-hydrogen) atoms. The number of carbonyl (C=O) groups excluding carboxylic acids is 1. The molecule has 0 saturated carbocycles. The van der Waals surface area contributed by atoms with E-state index in [2.05, 4.69) is 0 Å². The maximum Gasteiger partial charge on any atom is 0.410 e. The van der Waals surface area contributed by atoms with Gasteiger partial charge in [0.05, 0.1) is 12.6 Å². The molecule has 2 aliphatic rings. The fraction of sp³-hybridized carbons (Fsp3) is 0.462. The van der Waals surface area contributed by atoms with Crippen molar-refractivity contribution in [3.63, 3.8) is 0 Å². The molecule has 0 bridgehead atoms. The van der Waals surface area contributed by atoms with Gasteiger partial charge in [-0.15, -0.1) is 0 Å². The standard InChI is InChI=1S/C13H15NO3/c15-13(14-7-6-11-12(8-14)17-11)16-9-10-4-2-1-3-5-10/h1-5,11-12H,6-9H2/t11-,12?/m1/s1. The van der Waals surface area contributed by atoms with Crippen molar-refractivity contribution < 1.29 is 14.3 Å². The van der Waals surface area contributed by atoms with Crippen molar-refractivity contribution in [2.45, 2.75) is 25.2 Å². The van der Waals surface area contributed by atoms with Gasteiger partial charge in [-0.1, -0.05) is 30.3 Å². The molecule has 2 fully saturated rings. The average Bonchev–Trinajstić information content (AvgIpc) is 3.15. The Bertz CT molecular complexity index is 406. The van der Waals surface area contributed by atoms with Crippen LogP contribution < -0.4 is 0 Å². The van der Waals surface area contributed by atoms with E-state index in [0.717, 1.165) is 18.5 Å². The second kappa shape index (κ2) is 4.37. The zero-order valence-electron chi connectivity index (χ0n) is 9.54. The summed E-state index contributed by atoms with van der Waals surface area (Å²) in [6.07, 6.45) is 1.36. The first-order chi connectivity index (χ1) is 8.33. The molecule has 2 heterocycles. The zero-order valence-corrected chi connectivity index (χ0v) is 9.54. The smallest absolute Gasteiger partial charge is 0.410 e. The molecule has 2 atom stereocenters. The van der Waals surface area contributed by atoms with Gasteiger partial charge in [0.15, 0.2) is 0 Å². The fourth-order valence-corrected chi connectivity index (χ4v) is 2.16. The Kier molecular flexibility index (Phi) is 2.73. The second-order valence-electron chi connectivity index (χ2n) is 4.49. The van der Waals surface area contributed by atoms with Gasteiger partial charge in [-0.3, -0.25) is 0 Å². The lowest BCUT2D eigenvalue weighted by molar-refractivity contribution is 0.0921. The van der Waals surface area contributed by atoms with Crippen LogP contribution in [0.1, 0.15) is 12.0 Å². The molecule has 4 nitrogen and oxygen atoms in total. The van der Waals surface area contributed by atoms with Crippen LogP contribution >= 0.6 is 0 Å². The van der Waals surface area contributed by atoms with Crippen LogP contribution in [0.5, 0.6) is 0 Å². The summed E-state index contributed by atoms with van der Waals surface area (Å²) >= 11 is 0. The Morgan fingerprint density at radius 1 is 1.35 bits per heavy atom. The number of nitrogens with zero attached hydrogens (tertiary/aromatic N) is 1. The second-order valence-corrected chi connectivity index (χ2v) is 4.49. The third-order valence-corrected chi connectivity index (χ3v) is 3.23. The minimum Gasteiger partial charge on any atom is -0.445 e. The number of benzene rings is 1. The minimum atomic E-state index is -0.234. The van der Waals surface area contributed by atoms with E-state index in [0.29, 0.717) is 19.3 Å². The Balaban J connectivity index is 1.50. The van der Waals surface area contributed by atoms with Crippen LogP contribution in [0, 0.1) is 0 Å². The number of amides is 1. The fourth-order valence-electron chi connectivity index (χ4n) is 2.16. The topological polar surface area (TPSA) is 42.1 Å². The number of ether oxygens (including phenoxy) is 2. The number of fused-ring (bicyclic) bond motifs is 1. The zero-order chi connectivity index (χ0) is 11.7. The van der Waals surface area contributed by atoms with Crippen molar-refractivity contribution in [2.75, 3.05) is 13.1 Å². The molecule has 2 saturated heterocycles. The Morgan fingerprint density at radius 2 is 2.18 bits per heavy atom. The first-order valence-corrected chi connectivity index (χ1v) is 5.94. The summed E-state index contributed by atoms with van der Waals surface area (Å²) in [4.78, 5) is 13.5. The highest BCUT2D eigenvalue weighted by Gasteiger charge is 2.44. The Morgan fingerprint density at radius 3 is 2.94 bits per heavy atom. The normalized spacial score (nSPS) is 26.2. The van der Waals surface area contributed by atoms with Gasteiger partial charge in [0, 0.05) is 6.54 Å². The van der Waals surface area contributed by atoms with Gasteiger partial charge >= 0.3 is 6.09 Å². The maximum atomic E-state index is 11.8. The van der Waals surface area contributed by atoms with Crippen molar-refractivity contribution >= 4 is 6.09 Å². The highest BCUT2D eigenvalue weighted by molar-refractivity contribution is 5.68. The predicted molar refractivity (Wildman–Crippen MR) is 61.5 cm³/mol. The molecule has 2 aliphatic heterocycles. The molecule has 1 aromatic carbocycles. The molecule has 1 aromatic rings. The molecule has 3 rings (SSSR count). The summed E-state index contributed by atoms with van der Waals surface area (Å²) in [7, 11) is 0. The number of hydrogen-bond acceptors (Lipinski definition) is 3. The van der Waals surface area contributed by atoms with Crippen LogP contribution in [0.3, 0.4) is 0 Å². The van der Waals surface area contributed by atoms with E-state index in [1.807, 2.05) is 30.3 Å². The molecule has 1 unspecified atom stereocenters. The lowest BCUT2D eigenvalue weighted by Gasteiger charge is -2.23. The molecule has 0 N–H and O–H groups in total. The van der Waals surface area contributed by atoms with E-state index in [1.165, 1.54) is 0 Å². The summed E-state index contributed by atoms with van der Waals surface area (Å²) in [6, 6.07) is 9.72. The minimum absolute atomic E-state index is 0.234. The van der Waals surface area contributed by atoms with Crippen LogP contribution in [0.2, 0.25) is 0 Å². The van der Waals surface area contributed by atoms with Crippen LogP contribution in [-0.4, -0.2) is 36.3 Å². The molecule has 0 aliphatic carbocycles. The summed E-state index contributed by atoms with van der Waals surface area (Å²) in [5.41, 5.74) is 1.01. The molecule has 1 amide bonds. The number of epoxide rings is 1. The molecule has 0 radical (unpaired) electrons. The SMILES string of the molecule is O=C(OCc1ccccc1)N1CC[C@H]2OC2C1. The monoisotopic (exact) mass is 233 g/mol. The lowest BCUT2D eigenvalue weighted by atomic mass is 10.1. The van der Waals surface area contributed by atoms with E-state index < -0.39 is 0 Å². The van der Waals surface area contributed by atoms with Gasteiger partial charge in [0.2, 0.25) is 0 Å². The lowest BCUT2D eigenvalue weighted by Crippen LogP contribution is -2.39. The van der Waals surface area contributed by atoms with E-state index in [4.69, 9.17) is 9.47 Å². The first-order valence-electron chi connectivity index (χ1n) is 5.94. The molecule has 0 spiro atoms. The van der Waals surface area contributed by atoms with E-state index in [9.17, 15) is 4.79 Å². The van der Waals surface area contributed by atoms with E-state index in [1.54, 1.807) is 4.90 Å². The van der Waals surface area contributed by atoms with E-state index >= 15 is 0 Å². The predicted octanol–water partition coefficient (Wildman–Crippen LogP) is 1.80. The Hall–Kier alpha value is -1.55. The van der Waals surface area contributed by atoms with Crippen LogP contribution in [0.4, 0.5) is 4.79 Å². The molecule has 4 heteroatoms. The number of carbonyl (C=O) groups is 1. The summed E-state index contributed by atoms with van der Waals surface area (Å²) < 4.78 is 10.6. The molecule has 90 valence electrons. The van der Waals surface area contributed by atoms with Gasteiger partial charge in [-0.2, -0.15) is 0 Å². The van der Waals surface area contributed by atoms with E-state index in [-0.39, 0.29) is 12.2 Å². The van der Waals surface area contributed by atoms with Crippen LogP contribution in [0.25, 0.3) is 0 Å². The van der Waals surface area contributed by atoms with Crippen molar-refractivity contribution in [1.82, 2.24) is 4.90 Å². The molecular formula is C13H15NO3. The molecular weight excluding hydrogens is 218 g/mol. The van der Waals surface area contributed by atoms with Crippen molar-refractivity contribution in [1.29, 1.82) is 0 Å². The number of piperidine rings is 1. The molecule has 0 aromatic heterocycles. The van der Waals surface area contributed by atoms with Crippen molar-refractivity contribution in [3.8, 4) is 0 Å². The summed E-state index contributed by atoms with van der Waals surface area (Å²) in [5, 5.41) is 0. The van der Waals surface area contributed by atoms with Gasteiger partial charge in [0.1, 0.15) is 12.7 Å². The third kappa shape index (κ3) is 2.42. The Labute approximate surface area is 100 Å². The highest BCUT2D eigenvalue weighted by Crippen LogP contribution is 2.30. The van der Waals surface area contributed by atoms with Gasteiger partial charge in [-0.05, 0) is 12.0 Å². The summed E-state index contributed by atoms with van der Waals surface area (Å²) in [6.45, 7) is 1.76. The van der Waals surface area contributed by atoms with Crippen molar-refractivity contribution in [3.05, 3.63) is 35.9 Å². The largest absolute Gasteiger partial charge is 0.445 e. The number of likely N-dealkylation sites (tertiary alicyclic amines) is 1. The maximum absolute atomic E-state index is 11.8. The van der Waals surface area contributed by atoms with Crippen LogP contribution in [-0.2, 0) is 16.1 Å². The third-order valence-electron chi connectivity index (χ3n) is 3.23. The quantitative estimate of drug-likeness (QED) is 0.731. The van der Waals surface area contributed by atoms with Gasteiger partial charge in [-0.25, -0.2) is 4.79 Å². The number of hydrogen-bond donors (Lipinski definition) is 0. The average molecular weight is 233 g/mol. The first kappa shape index (κ1) is 10.6. The highest BCUT2D eigenvalue weighted by atomic mass is 16.6. The number of rotatable bonds is 2. The van der Waals surface area contributed by atoms with Gasteiger partial charge in [0.25, 0.3) is 0 Å². The van der Waals surface area contributed by atoms with Gasteiger partial charge < -0.3 is 14.4 Å². The van der Waals surface area contributed by atoms with Crippen molar-refractivity contribution in [2.24, 2.45) is 0 Å². The van der Waals surface area contributed by atoms with Crippen LogP contribution in [0.15, 0.2) is 30.3 Å². The summed E-state index contributed by atoms with van der Waals surface area (Å²) in [5.74, 6) is 0.